The van der Waals surface area contributed by atoms with Crippen molar-refractivity contribution in [3.63, 3.8) is 0 Å². The summed E-state index contributed by atoms with van der Waals surface area (Å²) in [6, 6.07) is 0. The molecule has 0 bridgehead atoms. The van der Waals surface area contributed by atoms with Gasteiger partial charge in [-0.1, -0.05) is 0 Å². The van der Waals surface area contributed by atoms with Crippen molar-refractivity contribution in [2.45, 2.75) is 10.9 Å². The number of ether oxygens (including phenoxy) is 1. The highest BCUT2D eigenvalue weighted by Crippen LogP contribution is 2.41. The number of nitrogens with zero attached hydrogens (tertiary/aromatic N) is 2. The summed E-state index contributed by atoms with van der Waals surface area (Å²) >= 11 is 1.94. The predicted molar refractivity (Wildman–Crippen MR) is 71.6 cm³/mol. The summed E-state index contributed by atoms with van der Waals surface area (Å²) in [7, 11) is 0. The lowest BCUT2D eigenvalue weighted by Gasteiger charge is -2.43. The smallest absolute Gasteiger partial charge is 0.0992 e. The quantitative estimate of drug-likeness (QED) is 0.785. The molecule has 2 fully saturated rings. The third-order valence-electron chi connectivity index (χ3n) is 3.47. The molecule has 0 saturated carbocycles. The lowest BCUT2D eigenvalue weighted by molar-refractivity contribution is 0.000140. The Bertz CT molecular complexity index is 377. The van der Waals surface area contributed by atoms with Crippen LogP contribution in [0.2, 0.25) is 0 Å². The Morgan fingerprint density at radius 2 is 2.33 bits per heavy atom. The average molecular weight is 266 g/mol. The molecule has 2 aliphatic rings. The number of nitrogens with one attached hydrogen (secondary N) is 2. The Kier molecular flexibility index (Phi) is 3.79. The van der Waals surface area contributed by atoms with Crippen molar-refractivity contribution in [2.75, 3.05) is 38.5 Å². The van der Waals surface area contributed by atoms with E-state index in [1.54, 1.807) is 12.4 Å². The van der Waals surface area contributed by atoms with Crippen LogP contribution >= 0.6 is 11.8 Å². The van der Waals surface area contributed by atoms with Crippen LogP contribution in [0.1, 0.15) is 5.69 Å². The maximum absolute atomic E-state index is 5.98. The van der Waals surface area contributed by atoms with Gasteiger partial charge in [0.05, 0.1) is 23.2 Å². The van der Waals surface area contributed by atoms with Crippen molar-refractivity contribution in [1.29, 1.82) is 0 Å². The highest BCUT2D eigenvalue weighted by molar-refractivity contribution is 8.00. The molecule has 2 unspecified atom stereocenters. The van der Waals surface area contributed by atoms with Crippen LogP contribution in [0.4, 0.5) is 0 Å². The molecule has 2 aliphatic heterocycles. The fourth-order valence-electron chi connectivity index (χ4n) is 2.55. The molecular weight excluding hydrogens is 248 g/mol. The van der Waals surface area contributed by atoms with Gasteiger partial charge in [-0.3, -0.25) is 9.97 Å². The van der Waals surface area contributed by atoms with Crippen LogP contribution in [-0.4, -0.2) is 54.6 Å². The normalized spacial score (nSPS) is 33.2. The average Bonchev–Trinajstić information content (AvgIpc) is 2.50. The number of hydrogen-bond donors (Lipinski definition) is 2. The van der Waals surface area contributed by atoms with Gasteiger partial charge in [0, 0.05) is 50.5 Å². The molecule has 0 amide bonds. The van der Waals surface area contributed by atoms with Crippen molar-refractivity contribution >= 4 is 11.8 Å². The van der Waals surface area contributed by atoms with Crippen molar-refractivity contribution < 1.29 is 4.74 Å². The molecule has 2 N–H and O–H groups in total. The maximum Gasteiger partial charge on any atom is 0.0992 e. The highest BCUT2D eigenvalue weighted by Gasteiger charge is 2.45. The van der Waals surface area contributed by atoms with Crippen LogP contribution in [0.15, 0.2) is 18.6 Å². The summed E-state index contributed by atoms with van der Waals surface area (Å²) in [6.07, 6.45) is 5.51. The van der Waals surface area contributed by atoms with E-state index in [1.165, 1.54) is 0 Å². The lowest BCUT2D eigenvalue weighted by Crippen LogP contribution is -2.56. The van der Waals surface area contributed by atoms with Gasteiger partial charge in [0.2, 0.25) is 0 Å². The number of aromatic nitrogens is 2. The fraction of sp³-hybridized carbons (Fsp3) is 0.667. The van der Waals surface area contributed by atoms with Crippen molar-refractivity contribution in [3.8, 4) is 0 Å². The highest BCUT2D eigenvalue weighted by atomic mass is 32.2. The molecular formula is C12H18N4OS. The minimum atomic E-state index is -0.111. The summed E-state index contributed by atoms with van der Waals surface area (Å²) in [5.74, 6) is 1.08. The Morgan fingerprint density at radius 1 is 1.33 bits per heavy atom. The van der Waals surface area contributed by atoms with Gasteiger partial charge >= 0.3 is 0 Å². The molecule has 5 nitrogen and oxygen atoms in total. The van der Waals surface area contributed by atoms with Crippen molar-refractivity contribution in [3.05, 3.63) is 24.3 Å². The van der Waals surface area contributed by atoms with Gasteiger partial charge < -0.3 is 15.4 Å². The van der Waals surface area contributed by atoms with Gasteiger partial charge in [0.25, 0.3) is 0 Å². The second-order valence-electron chi connectivity index (χ2n) is 4.57. The molecule has 98 valence electrons. The zero-order chi connectivity index (χ0) is 12.3. The van der Waals surface area contributed by atoms with E-state index in [2.05, 4.69) is 20.6 Å². The van der Waals surface area contributed by atoms with Crippen LogP contribution in [0.5, 0.6) is 0 Å². The Hall–Kier alpha value is -0.690. The van der Waals surface area contributed by atoms with E-state index in [4.69, 9.17) is 4.74 Å². The molecule has 6 heteroatoms. The van der Waals surface area contributed by atoms with Crippen LogP contribution in [0.25, 0.3) is 0 Å². The SMILES string of the molecule is c1cnc(C2(C3CNCCO3)CNCCS2)cn1. The first-order valence-electron chi connectivity index (χ1n) is 6.35. The standard InChI is InChI=1S/C12H18N4OS/c1-2-16-10(7-13-1)12(9-15-4-6-18-12)11-8-14-3-5-17-11/h1-2,7,11,14-15H,3-6,8-9H2. The number of rotatable bonds is 2. The molecule has 0 radical (unpaired) electrons. The van der Waals surface area contributed by atoms with Gasteiger partial charge in [0.1, 0.15) is 0 Å². The van der Waals surface area contributed by atoms with Crippen LogP contribution in [0.3, 0.4) is 0 Å². The van der Waals surface area contributed by atoms with E-state index in [-0.39, 0.29) is 10.9 Å². The molecule has 0 aromatic carbocycles. The second kappa shape index (κ2) is 5.52. The van der Waals surface area contributed by atoms with E-state index in [0.29, 0.717) is 0 Å². The lowest BCUT2D eigenvalue weighted by atomic mass is 9.95. The zero-order valence-corrected chi connectivity index (χ0v) is 11.1. The first-order chi connectivity index (χ1) is 8.92. The topological polar surface area (TPSA) is 59.1 Å². The largest absolute Gasteiger partial charge is 0.374 e. The van der Waals surface area contributed by atoms with E-state index in [9.17, 15) is 0 Å². The van der Waals surface area contributed by atoms with E-state index >= 15 is 0 Å². The van der Waals surface area contributed by atoms with Gasteiger partial charge in [-0.15, -0.1) is 11.8 Å². The number of hydrogen-bond acceptors (Lipinski definition) is 6. The zero-order valence-electron chi connectivity index (χ0n) is 10.3. The number of morpholine rings is 1. The van der Waals surface area contributed by atoms with Gasteiger partial charge in [0.15, 0.2) is 0 Å². The van der Waals surface area contributed by atoms with Crippen molar-refractivity contribution in [1.82, 2.24) is 20.6 Å². The minimum Gasteiger partial charge on any atom is -0.374 e. The summed E-state index contributed by atoms with van der Waals surface area (Å²) in [6.45, 7) is 4.53. The minimum absolute atomic E-state index is 0.111. The summed E-state index contributed by atoms with van der Waals surface area (Å²) in [5, 5.41) is 6.89. The molecule has 2 atom stereocenters. The molecule has 3 rings (SSSR count). The molecule has 0 spiro atoms. The predicted octanol–water partition coefficient (Wildman–Crippen LogP) is -0.00330. The molecule has 18 heavy (non-hydrogen) atoms. The second-order valence-corrected chi connectivity index (χ2v) is 5.99. The van der Waals surface area contributed by atoms with Crippen LogP contribution in [0, 0.1) is 0 Å². The summed E-state index contributed by atoms with van der Waals surface area (Å²) < 4.78 is 5.87. The van der Waals surface area contributed by atoms with Gasteiger partial charge in [-0.25, -0.2) is 0 Å². The molecule has 3 heterocycles. The maximum atomic E-state index is 5.98. The molecule has 1 aromatic rings. The third-order valence-corrected chi connectivity index (χ3v) is 5.01. The van der Waals surface area contributed by atoms with Gasteiger partial charge in [-0.2, -0.15) is 0 Å². The summed E-state index contributed by atoms with van der Waals surface area (Å²) in [5.41, 5.74) is 1.02. The Labute approximate surface area is 111 Å². The Morgan fingerprint density at radius 3 is 3.00 bits per heavy atom. The van der Waals surface area contributed by atoms with E-state index in [0.717, 1.165) is 44.2 Å². The Balaban J connectivity index is 1.92. The molecule has 0 aliphatic carbocycles. The molecule has 1 aromatic heterocycles. The number of thioether (sulfide) groups is 1. The van der Waals surface area contributed by atoms with Crippen molar-refractivity contribution in [2.24, 2.45) is 0 Å². The summed E-state index contributed by atoms with van der Waals surface area (Å²) in [4.78, 5) is 8.74. The van der Waals surface area contributed by atoms with Gasteiger partial charge in [-0.05, 0) is 0 Å². The van der Waals surface area contributed by atoms with Crippen LogP contribution < -0.4 is 10.6 Å². The van der Waals surface area contributed by atoms with E-state index < -0.39 is 0 Å². The fourth-order valence-corrected chi connectivity index (χ4v) is 3.95. The third kappa shape index (κ3) is 2.25. The molecule has 2 saturated heterocycles. The first kappa shape index (κ1) is 12.3. The first-order valence-corrected chi connectivity index (χ1v) is 7.34. The monoisotopic (exact) mass is 266 g/mol. The van der Waals surface area contributed by atoms with E-state index in [1.807, 2.05) is 18.0 Å². The van der Waals surface area contributed by atoms with Crippen LogP contribution in [-0.2, 0) is 9.48 Å².